The number of rotatable bonds is 1. The average molecular weight is 249 g/mol. The van der Waals surface area contributed by atoms with Crippen LogP contribution in [0.15, 0.2) is 28.7 Å². The lowest BCUT2D eigenvalue weighted by molar-refractivity contribution is 0.383. The molecule has 0 amide bonds. The van der Waals surface area contributed by atoms with E-state index in [1.165, 1.54) is 18.5 Å². The van der Waals surface area contributed by atoms with Crippen LogP contribution in [-0.2, 0) is 0 Å². The third kappa shape index (κ3) is 2.00. The normalized spacial score (nSPS) is 20.9. The number of hydrogen-bond donors (Lipinski definition) is 1. The topological polar surface area (TPSA) is 12.0 Å². The molecule has 1 heterocycles. The van der Waals surface area contributed by atoms with Crippen molar-refractivity contribution >= 4 is 28.3 Å². The predicted molar refractivity (Wildman–Crippen MR) is 56.8 cm³/mol. The first-order valence-electron chi connectivity index (χ1n) is 3.85. The Morgan fingerprint density at radius 3 is 2.25 bits per heavy atom. The molecule has 0 bridgehead atoms. The van der Waals surface area contributed by atoms with Gasteiger partial charge in [-0.05, 0) is 30.7 Å². The molecule has 1 aliphatic rings. The highest BCUT2D eigenvalue weighted by molar-refractivity contribution is 9.10. The number of hydrogen-bond acceptors (Lipinski definition) is 1. The van der Waals surface area contributed by atoms with Gasteiger partial charge in [-0.15, -0.1) is 12.4 Å². The molecule has 1 saturated heterocycles. The Balaban J connectivity index is 0.000000720. The SMILES string of the molecule is Brc1ccc([C@H]2CCN2)cc1.Cl. The summed E-state index contributed by atoms with van der Waals surface area (Å²) >= 11 is 3.41. The van der Waals surface area contributed by atoms with Crippen LogP contribution in [0.25, 0.3) is 0 Å². The van der Waals surface area contributed by atoms with Crippen molar-refractivity contribution in [1.82, 2.24) is 5.32 Å². The van der Waals surface area contributed by atoms with Crippen molar-refractivity contribution in [2.45, 2.75) is 12.5 Å². The van der Waals surface area contributed by atoms with E-state index in [9.17, 15) is 0 Å². The Kier molecular flexibility index (Phi) is 3.56. The van der Waals surface area contributed by atoms with Crippen molar-refractivity contribution < 1.29 is 0 Å². The van der Waals surface area contributed by atoms with Gasteiger partial charge in [0.1, 0.15) is 0 Å². The van der Waals surface area contributed by atoms with Gasteiger partial charge in [-0.25, -0.2) is 0 Å². The quantitative estimate of drug-likeness (QED) is 0.806. The molecule has 1 nitrogen and oxygen atoms in total. The average Bonchev–Trinajstić information content (AvgIpc) is 1.90. The standard InChI is InChI=1S/C9H10BrN.ClH/c10-8-3-1-7(2-4-8)9-5-6-11-9;/h1-4,9,11H,5-6H2;1H/t9-;/m1./s1. The molecule has 0 unspecified atom stereocenters. The fourth-order valence-corrected chi connectivity index (χ4v) is 1.53. The van der Waals surface area contributed by atoms with Crippen molar-refractivity contribution in [3.63, 3.8) is 0 Å². The predicted octanol–water partition coefficient (Wildman–Crippen LogP) is 2.91. The van der Waals surface area contributed by atoms with E-state index in [-0.39, 0.29) is 12.4 Å². The zero-order valence-electron chi connectivity index (χ0n) is 6.59. The first-order valence-corrected chi connectivity index (χ1v) is 4.64. The Hall–Kier alpha value is -0.0500. The maximum absolute atomic E-state index is 3.41. The molecule has 12 heavy (non-hydrogen) atoms. The van der Waals surface area contributed by atoms with Gasteiger partial charge in [0.05, 0.1) is 0 Å². The van der Waals surface area contributed by atoms with Crippen LogP contribution in [0, 0.1) is 0 Å². The van der Waals surface area contributed by atoms with Crippen molar-refractivity contribution in [1.29, 1.82) is 0 Å². The Bertz CT molecular complexity index is 243. The fraction of sp³-hybridized carbons (Fsp3) is 0.333. The molecule has 0 saturated carbocycles. The number of halogens is 2. The van der Waals surface area contributed by atoms with Crippen LogP contribution in [-0.4, -0.2) is 6.54 Å². The minimum Gasteiger partial charge on any atom is -0.310 e. The smallest absolute Gasteiger partial charge is 0.0332 e. The zero-order chi connectivity index (χ0) is 7.68. The van der Waals surface area contributed by atoms with Gasteiger partial charge in [-0.2, -0.15) is 0 Å². The molecule has 0 spiro atoms. The molecular formula is C9H11BrClN. The molecule has 0 radical (unpaired) electrons. The molecule has 1 aromatic carbocycles. The van der Waals surface area contributed by atoms with Crippen molar-refractivity contribution in [3.05, 3.63) is 34.3 Å². The molecule has 0 aliphatic carbocycles. The van der Waals surface area contributed by atoms with E-state index in [1.807, 2.05) is 0 Å². The van der Waals surface area contributed by atoms with Crippen molar-refractivity contribution in [3.8, 4) is 0 Å². The number of nitrogens with one attached hydrogen (secondary N) is 1. The van der Waals surface area contributed by atoms with Crippen LogP contribution in [0.1, 0.15) is 18.0 Å². The molecule has 3 heteroatoms. The minimum atomic E-state index is 0. The Labute approximate surface area is 87.1 Å². The van der Waals surface area contributed by atoms with Gasteiger partial charge in [0, 0.05) is 10.5 Å². The summed E-state index contributed by atoms with van der Waals surface area (Å²) in [6, 6.07) is 9.13. The molecule has 1 atom stereocenters. The lowest BCUT2D eigenvalue weighted by Crippen LogP contribution is -2.34. The van der Waals surface area contributed by atoms with Crippen LogP contribution in [0.2, 0.25) is 0 Å². The maximum Gasteiger partial charge on any atom is 0.0332 e. The highest BCUT2D eigenvalue weighted by Gasteiger charge is 2.17. The van der Waals surface area contributed by atoms with E-state index in [1.54, 1.807) is 0 Å². The van der Waals surface area contributed by atoms with E-state index >= 15 is 0 Å². The van der Waals surface area contributed by atoms with Gasteiger partial charge >= 0.3 is 0 Å². The fourth-order valence-electron chi connectivity index (χ4n) is 1.27. The second kappa shape index (κ2) is 4.26. The first kappa shape index (κ1) is 10.0. The van der Waals surface area contributed by atoms with E-state index in [0.717, 1.165) is 4.47 Å². The third-order valence-corrected chi connectivity index (χ3v) is 2.62. The monoisotopic (exact) mass is 247 g/mol. The van der Waals surface area contributed by atoms with E-state index < -0.39 is 0 Å². The van der Waals surface area contributed by atoms with E-state index in [2.05, 4.69) is 45.5 Å². The summed E-state index contributed by atoms with van der Waals surface area (Å²) in [6.45, 7) is 1.17. The van der Waals surface area contributed by atoms with E-state index in [0.29, 0.717) is 6.04 Å². The Morgan fingerprint density at radius 1 is 1.25 bits per heavy atom. The minimum absolute atomic E-state index is 0. The third-order valence-electron chi connectivity index (χ3n) is 2.10. The van der Waals surface area contributed by atoms with Gasteiger partial charge in [-0.3, -0.25) is 0 Å². The molecule has 1 fully saturated rings. The molecule has 0 aromatic heterocycles. The van der Waals surface area contributed by atoms with Crippen molar-refractivity contribution in [2.24, 2.45) is 0 Å². The highest BCUT2D eigenvalue weighted by Crippen LogP contribution is 2.23. The summed E-state index contributed by atoms with van der Waals surface area (Å²) in [5.74, 6) is 0. The summed E-state index contributed by atoms with van der Waals surface area (Å²) in [7, 11) is 0. The molecular weight excluding hydrogens is 237 g/mol. The van der Waals surface area contributed by atoms with Gasteiger partial charge < -0.3 is 5.32 Å². The lowest BCUT2D eigenvalue weighted by Gasteiger charge is -2.27. The second-order valence-corrected chi connectivity index (χ2v) is 3.76. The summed E-state index contributed by atoms with van der Waals surface area (Å²) in [5.41, 5.74) is 1.40. The van der Waals surface area contributed by atoms with Crippen LogP contribution in [0.4, 0.5) is 0 Å². The largest absolute Gasteiger partial charge is 0.310 e. The van der Waals surface area contributed by atoms with Gasteiger partial charge in [0.15, 0.2) is 0 Å². The zero-order valence-corrected chi connectivity index (χ0v) is 8.99. The first-order chi connectivity index (χ1) is 5.36. The molecule has 1 aliphatic heterocycles. The summed E-state index contributed by atoms with van der Waals surface area (Å²) < 4.78 is 1.15. The number of benzene rings is 1. The Morgan fingerprint density at radius 2 is 1.83 bits per heavy atom. The van der Waals surface area contributed by atoms with Gasteiger partial charge in [0.25, 0.3) is 0 Å². The van der Waals surface area contributed by atoms with E-state index in [4.69, 9.17) is 0 Å². The van der Waals surface area contributed by atoms with Gasteiger partial charge in [0.2, 0.25) is 0 Å². The highest BCUT2D eigenvalue weighted by atomic mass is 79.9. The molecule has 1 N–H and O–H groups in total. The van der Waals surface area contributed by atoms with Gasteiger partial charge in [-0.1, -0.05) is 28.1 Å². The molecule has 66 valence electrons. The molecule has 2 rings (SSSR count). The summed E-state index contributed by atoms with van der Waals surface area (Å²) in [4.78, 5) is 0. The van der Waals surface area contributed by atoms with Crippen LogP contribution < -0.4 is 5.32 Å². The van der Waals surface area contributed by atoms with Crippen LogP contribution >= 0.6 is 28.3 Å². The maximum atomic E-state index is 3.41. The van der Waals surface area contributed by atoms with Crippen LogP contribution in [0.3, 0.4) is 0 Å². The molecule has 1 aromatic rings. The second-order valence-electron chi connectivity index (χ2n) is 2.85. The van der Waals surface area contributed by atoms with Crippen LogP contribution in [0.5, 0.6) is 0 Å². The summed E-state index contributed by atoms with van der Waals surface area (Å²) in [5, 5.41) is 3.37. The van der Waals surface area contributed by atoms with Crippen molar-refractivity contribution in [2.75, 3.05) is 6.54 Å². The lowest BCUT2D eigenvalue weighted by atomic mass is 9.98. The summed E-state index contributed by atoms with van der Waals surface area (Å²) in [6.07, 6.45) is 1.28.